The number of rotatable bonds is 7. The Hall–Kier alpha value is -2.39. The molecule has 0 bridgehead atoms. The molecule has 144 valence electrons. The van der Waals surface area contributed by atoms with Crippen molar-refractivity contribution in [3.8, 4) is 0 Å². The van der Waals surface area contributed by atoms with Crippen LogP contribution in [0.2, 0.25) is 0 Å². The number of hydrogen-bond donors (Lipinski definition) is 1. The summed E-state index contributed by atoms with van der Waals surface area (Å²) in [7, 11) is 0. The zero-order valence-electron chi connectivity index (χ0n) is 14.4. The van der Waals surface area contributed by atoms with Gasteiger partial charge in [0.1, 0.15) is 16.8 Å². The first-order valence-corrected chi connectivity index (χ1v) is 9.34. The monoisotopic (exact) mass is 396 g/mol. The smallest absolute Gasteiger partial charge is 0.305 e. The molecule has 0 aliphatic carbocycles. The van der Waals surface area contributed by atoms with Crippen LogP contribution in [0, 0.1) is 11.6 Å². The third-order valence-electron chi connectivity index (χ3n) is 4.19. The molecule has 1 aliphatic rings. The fourth-order valence-electron chi connectivity index (χ4n) is 2.81. The highest BCUT2D eigenvalue weighted by atomic mass is 32.1. The summed E-state index contributed by atoms with van der Waals surface area (Å²) in [6.45, 7) is 0.546. The lowest BCUT2D eigenvalue weighted by atomic mass is 10.2. The van der Waals surface area contributed by atoms with E-state index in [1.807, 2.05) is 0 Å². The predicted octanol–water partition coefficient (Wildman–Crippen LogP) is 3.39. The standard InChI is InChI=1S/C18H18F2N2O4S/c19-12-4-3-11(8-13(12)20)9-22(6-5-16(23)24)18(25)14-10-27-17(21-14)15-2-1-7-26-15/h3-4,8,10,15H,1-2,5-7,9H2,(H,23,24). The van der Waals surface area contributed by atoms with Crippen molar-refractivity contribution < 1.29 is 28.2 Å². The average molecular weight is 396 g/mol. The summed E-state index contributed by atoms with van der Waals surface area (Å²) in [6.07, 6.45) is 1.40. The van der Waals surface area contributed by atoms with E-state index in [-0.39, 0.29) is 31.3 Å². The van der Waals surface area contributed by atoms with E-state index in [0.29, 0.717) is 17.2 Å². The molecule has 1 fully saturated rings. The molecule has 0 spiro atoms. The lowest BCUT2D eigenvalue weighted by Crippen LogP contribution is -2.33. The van der Waals surface area contributed by atoms with Crippen molar-refractivity contribution in [3.05, 3.63) is 51.5 Å². The quantitative estimate of drug-likeness (QED) is 0.776. The third kappa shape index (κ3) is 4.86. The Morgan fingerprint density at radius 1 is 1.33 bits per heavy atom. The van der Waals surface area contributed by atoms with Crippen LogP contribution in [-0.4, -0.2) is 40.0 Å². The highest BCUT2D eigenvalue weighted by Crippen LogP contribution is 2.31. The van der Waals surface area contributed by atoms with Gasteiger partial charge in [0.15, 0.2) is 11.6 Å². The van der Waals surface area contributed by atoms with E-state index in [2.05, 4.69) is 4.98 Å². The van der Waals surface area contributed by atoms with E-state index < -0.39 is 23.5 Å². The van der Waals surface area contributed by atoms with Gasteiger partial charge in [0.2, 0.25) is 0 Å². The summed E-state index contributed by atoms with van der Waals surface area (Å²) in [5, 5.41) is 11.3. The Balaban J connectivity index is 1.77. The van der Waals surface area contributed by atoms with E-state index in [0.717, 1.165) is 25.0 Å². The van der Waals surface area contributed by atoms with Gasteiger partial charge in [-0.15, -0.1) is 11.3 Å². The SMILES string of the molecule is O=C(O)CCN(Cc1ccc(F)c(F)c1)C(=O)c1csc(C2CCCO2)n1. The van der Waals surface area contributed by atoms with Crippen LogP contribution in [0.1, 0.15) is 46.4 Å². The topological polar surface area (TPSA) is 79.7 Å². The summed E-state index contributed by atoms with van der Waals surface area (Å²) in [6, 6.07) is 3.33. The van der Waals surface area contributed by atoms with Crippen LogP contribution in [0.25, 0.3) is 0 Å². The number of carbonyl (C=O) groups is 2. The van der Waals surface area contributed by atoms with Gasteiger partial charge in [-0.25, -0.2) is 13.8 Å². The number of aliphatic carboxylic acids is 1. The summed E-state index contributed by atoms with van der Waals surface area (Å²) in [4.78, 5) is 29.3. The van der Waals surface area contributed by atoms with Crippen molar-refractivity contribution in [1.29, 1.82) is 0 Å². The number of amides is 1. The van der Waals surface area contributed by atoms with Crippen LogP contribution in [0.3, 0.4) is 0 Å². The van der Waals surface area contributed by atoms with Crippen molar-refractivity contribution in [2.45, 2.75) is 31.9 Å². The fraction of sp³-hybridized carbons (Fsp3) is 0.389. The van der Waals surface area contributed by atoms with Crippen molar-refractivity contribution in [2.24, 2.45) is 0 Å². The second kappa shape index (κ2) is 8.53. The largest absolute Gasteiger partial charge is 0.481 e. The maximum atomic E-state index is 13.4. The zero-order valence-corrected chi connectivity index (χ0v) is 15.2. The van der Waals surface area contributed by atoms with Crippen LogP contribution in [-0.2, 0) is 16.1 Å². The van der Waals surface area contributed by atoms with Gasteiger partial charge < -0.3 is 14.7 Å². The maximum Gasteiger partial charge on any atom is 0.305 e. The molecule has 1 unspecified atom stereocenters. The van der Waals surface area contributed by atoms with Crippen molar-refractivity contribution in [2.75, 3.05) is 13.2 Å². The normalized spacial score (nSPS) is 16.4. The number of carboxylic acids is 1. The molecule has 0 saturated carbocycles. The van der Waals surface area contributed by atoms with E-state index in [1.165, 1.54) is 22.3 Å². The van der Waals surface area contributed by atoms with Gasteiger partial charge in [-0.2, -0.15) is 0 Å². The molecule has 1 aromatic heterocycles. The van der Waals surface area contributed by atoms with Crippen LogP contribution < -0.4 is 0 Å². The number of carboxylic acid groups (broad SMARTS) is 1. The first-order valence-electron chi connectivity index (χ1n) is 8.46. The highest BCUT2D eigenvalue weighted by molar-refractivity contribution is 7.09. The van der Waals surface area contributed by atoms with Crippen LogP contribution in [0.15, 0.2) is 23.6 Å². The molecule has 2 heterocycles. The lowest BCUT2D eigenvalue weighted by molar-refractivity contribution is -0.137. The minimum absolute atomic E-state index is 0.0455. The minimum atomic E-state index is -1.06. The number of nitrogens with zero attached hydrogens (tertiary/aromatic N) is 2. The van der Waals surface area contributed by atoms with Gasteiger partial charge in [-0.05, 0) is 30.5 Å². The van der Waals surface area contributed by atoms with E-state index >= 15 is 0 Å². The van der Waals surface area contributed by atoms with Gasteiger partial charge >= 0.3 is 5.97 Å². The first kappa shape index (κ1) is 19.4. The van der Waals surface area contributed by atoms with Gasteiger partial charge in [0.25, 0.3) is 5.91 Å². The Morgan fingerprint density at radius 3 is 2.81 bits per heavy atom. The average Bonchev–Trinajstić information content (AvgIpc) is 3.32. The molecule has 1 aliphatic heterocycles. The van der Waals surface area contributed by atoms with Gasteiger partial charge in [-0.1, -0.05) is 6.07 Å². The number of aromatic nitrogens is 1. The summed E-state index contributed by atoms with van der Waals surface area (Å²) in [5.74, 6) is -3.52. The molecule has 1 saturated heterocycles. The molecule has 6 nitrogen and oxygen atoms in total. The molecule has 27 heavy (non-hydrogen) atoms. The molecule has 1 atom stereocenters. The number of ether oxygens (including phenoxy) is 1. The van der Waals surface area contributed by atoms with Crippen LogP contribution >= 0.6 is 11.3 Å². The molecule has 3 rings (SSSR count). The van der Waals surface area contributed by atoms with Gasteiger partial charge in [0.05, 0.1) is 6.42 Å². The van der Waals surface area contributed by atoms with Crippen LogP contribution in [0.4, 0.5) is 8.78 Å². The Bertz CT molecular complexity index is 837. The summed E-state index contributed by atoms with van der Waals surface area (Å²) < 4.78 is 32.1. The third-order valence-corrected chi connectivity index (χ3v) is 5.12. The van der Waals surface area contributed by atoms with Crippen molar-refractivity contribution >= 4 is 23.2 Å². The number of benzene rings is 1. The van der Waals surface area contributed by atoms with E-state index in [9.17, 15) is 18.4 Å². The number of thiazole rings is 1. The number of halogens is 2. The Kier molecular flexibility index (Phi) is 6.12. The zero-order chi connectivity index (χ0) is 19.4. The Morgan fingerprint density at radius 2 is 2.15 bits per heavy atom. The molecular weight excluding hydrogens is 378 g/mol. The number of hydrogen-bond acceptors (Lipinski definition) is 5. The number of carbonyl (C=O) groups excluding carboxylic acids is 1. The molecular formula is C18H18F2N2O4S. The highest BCUT2D eigenvalue weighted by Gasteiger charge is 2.25. The van der Waals surface area contributed by atoms with E-state index in [4.69, 9.17) is 9.84 Å². The first-order chi connectivity index (χ1) is 12.9. The van der Waals surface area contributed by atoms with Crippen molar-refractivity contribution in [1.82, 2.24) is 9.88 Å². The lowest BCUT2D eigenvalue weighted by Gasteiger charge is -2.21. The van der Waals surface area contributed by atoms with Crippen LogP contribution in [0.5, 0.6) is 0 Å². The second-order valence-corrected chi connectivity index (χ2v) is 7.08. The Labute approximate surface area is 158 Å². The molecule has 1 N–H and O–H groups in total. The molecule has 1 aromatic carbocycles. The minimum Gasteiger partial charge on any atom is -0.481 e. The van der Waals surface area contributed by atoms with E-state index in [1.54, 1.807) is 5.38 Å². The van der Waals surface area contributed by atoms with Crippen molar-refractivity contribution in [3.63, 3.8) is 0 Å². The second-order valence-electron chi connectivity index (χ2n) is 6.19. The summed E-state index contributed by atoms with van der Waals surface area (Å²) in [5.41, 5.74) is 0.556. The summed E-state index contributed by atoms with van der Waals surface area (Å²) >= 11 is 1.32. The fourth-order valence-corrected chi connectivity index (χ4v) is 3.68. The van der Waals surface area contributed by atoms with Gasteiger partial charge in [-0.3, -0.25) is 9.59 Å². The molecule has 1 amide bonds. The molecule has 9 heteroatoms. The molecule has 0 radical (unpaired) electrons. The maximum absolute atomic E-state index is 13.4. The molecule has 2 aromatic rings. The van der Waals surface area contributed by atoms with Gasteiger partial charge in [0, 0.05) is 25.1 Å². The predicted molar refractivity (Wildman–Crippen MR) is 93.4 cm³/mol.